The van der Waals surface area contributed by atoms with E-state index < -0.39 is 5.92 Å². The summed E-state index contributed by atoms with van der Waals surface area (Å²) in [5.74, 6) is 0.458. The molecule has 1 atom stereocenters. The first-order chi connectivity index (χ1) is 15.5. The molecule has 1 unspecified atom stereocenters. The third-order valence-corrected chi connectivity index (χ3v) is 6.08. The zero-order valence-electron chi connectivity index (χ0n) is 18.5. The van der Waals surface area contributed by atoms with Crippen LogP contribution in [0.15, 0.2) is 46.6 Å². The average molecular weight is 437 g/mol. The van der Waals surface area contributed by atoms with Crippen LogP contribution in [0.5, 0.6) is 11.5 Å². The smallest absolute Gasteiger partial charge is 0.258 e. The number of methoxy groups -OCH3 is 1. The van der Waals surface area contributed by atoms with Gasteiger partial charge in [0.1, 0.15) is 23.1 Å². The number of benzene rings is 1. The van der Waals surface area contributed by atoms with Crippen molar-refractivity contribution >= 4 is 0 Å². The summed E-state index contributed by atoms with van der Waals surface area (Å²) in [5, 5.41) is 9.82. The van der Waals surface area contributed by atoms with Gasteiger partial charge >= 0.3 is 0 Å². The maximum atomic E-state index is 13.7. The molecule has 8 heteroatoms. The molecule has 2 aliphatic rings. The van der Waals surface area contributed by atoms with Crippen molar-refractivity contribution in [1.29, 1.82) is 5.26 Å². The molecule has 8 nitrogen and oxygen atoms in total. The number of morpholine rings is 1. The van der Waals surface area contributed by atoms with Gasteiger partial charge in [0.05, 0.1) is 31.8 Å². The number of nitriles is 1. The van der Waals surface area contributed by atoms with Gasteiger partial charge < -0.3 is 24.5 Å². The lowest BCUT2D eigenvalue weighted by Gasteiger charge is -2.28. The zero-order chi connectivity index (χ0) is 22.7. The fraction of sp³-hybridized carbons (Fsp3) is 0.417. The first-order valence-electron chi connectivity index (χ1n) is 10.8. The molecular formula is C24H28N4O4. The summed E-state index contributed by atoms with van der Waals surface area (Å²) in [6.45, 7) is 6.71. The van der Waals surface area contributed by atoms with Crippen LogP contribution in [0.3, 0.4) is 0 Å². The zero-order valence-corrected chi connectivity index (χ0v) is 18.5. The summed E-state index contributed by atoms with van der Waals surface area (Å²) in [6, 6.07) is 11.3. The largest absolute Gasteiger partial charge is 0.497 e. The highest BCUT2D eigenvalue weighted by molar-refractivity contribution is 5.56. The molecule has 1 aromatic carbocycles. The van der Waals surface area contributed by atoms with E-state index >= 15 is 0 Å². The van der Waals surface area contributed by atoms with Gasteiger partial charge in [0, 0.05) is 37.9 Å². The van der Waals surface area contributed by atoms with Crippen molar-refractivity contribution in [1.82, 2.24) is 9.47 Å². The van der Waals surface area contributed by atoms with Gasteiger partial charge in [0.15, 0.2) is 0 Å². The van der Waals surface area contributed by atoms with E-state index in [4.69, 9.17) is 19.9 Å². The highest BCUT2D eigenvalue weighted by Gasteiger charge is 2.34. The fourth-order valence-corrected chi connectivity index (χ4v) is 4.40. The lowest BCUT2D eigenvalue weighted by molar-refractivity contribution is 0.0369. The van der Waals surface area contributed by atoms with Gasteiger partial charge in [0.2, 0.25) is 5.88 Å². The van der Waals surface area contributed by atoms with Crippen LogP contribution < -0.4 is 20.8 Å². The number of allylic oxidation sites excluding steroid dienone is 1. The highest BCUT2D eigenvalue weighted by atomic mass is 16.5. The number of fused-ring (bicyclic) bond motifs is 1. The monoisotopic (exact) mass is 436 g/mol. The second kappa shape index (κ2) is 9.47. The number of nitrogens with zero attached hydrogens (tertiary/aromatic N) is 3. The summed E-state index contributed by atoms with van der Waals surface area (Å²) in [5.41, 5.74) is 8.14. The lowest BCUT2D eigenvalue weighted by Crippen LogP contribution is -2.38. The summed E-state index contributed by atoms with van der Waals surface area (Å²) in [7, 11) is 1.58. The van der Waals surface area contributed by atoms with Crippen molar-refractivity contribution in [3.05, 3.63) is 69.0 Å². The van der Waals surface area contributed by atoms with Crippen molar-refractivity contribution in [3.63, 3.8) is 0 Å². The number of hydrogen-bond acceptors (Lipinski definition) is 7. The van der Waals surface area contributed by atoms with Gasteiger partial charge in [-0.05, 0) is 31.0 Å². The Labute approximate surface area is 187 Å². The Bertz CT molecular complexity index is 1130. The maximum absolute atomic E-state index is 13.7. The number of rotatable bonds is 6. The predicted molar refractivity (Wildman–Crippen MR) is 120 cm³/mol. The van der Waals surface area contributed by atoms with Crippen molar-refractivity contribution < 1.29 is 14.2 Å². The number of aryl methyl sites for hydroxylation is 1. The molecule has 2 N–H and O–H groups in total. The van der Waals surface area contributed by atoms with E-state index in [-0.39, 0.29) is 17.0 Å². The van der Waals surface area contributed by atoms with Gasteiger partial charge in [-0.25, -0.2) is 0 Å². The van der Waals surface area contributed by atoms with Crippen LogP contribution in [0.2, 0.25) is 0 Å². The molecule has 4 rings (SSSR count). The predicted octanol–water partition coefficient (Wildman–Crippen LogP) is 2.11. The molecule has 2 aliphatic heterocycles. The maximum Gasteiger partial charge on any atom is 0.258 e. The molecular weight excluding hydrogens is 408 g/mol. The van der Waals surface area contributed by atoms with Gasteiger partial charge in [-0.1, -0.05) is 12.1 Å². The minimum atomic E-state index is -0.613. The van der Waals surface area contributed by atoms with E-state index in [1.54, 1.807) is 11.7 Å². The number of hydrogen-bond donors (Lipinski definition) is 1. The first kappa shape index (κ1) is 21.9. The second-order valence-electron chi connectivity index (χ2n) is 8.03. The Hall–Kier alpha value is -3.28. The van der Waals surface area contributed by atoms with Crippen molar-refractivity contribution in [2.45, 2.75) is 25.8 Å². The minimum Gasteiger partial charge on any atom is -0.497 e. The van der Waals surface area contributed by atoms with Crippen LogP contribution in [-0.4, -0.2) is 49.4 Å². The number of pyridine rings is 1. The molecule has 0 saturated carbocycles. The van der Waals surface area contributed by atoms with Crippen molar-refractivity contribution in [2.24, 2.45) is 5.73 Å². The standard InChI is InChI=1S/C24H28N4O4/c1-16-13-20-22(24(29)28(16)8-4-7-27-9-11-31-12-10-27)21(19(15-25)23(26)32-20)17-5-3-6-18(14-17)30-2/h3,5-6,13-14,21H,4,7-12,26H2,1-2H3. The van der Waals surface area contributed by atoms with Crippen LogP contribution >= 0.6 is 0 Å². The molecule has 0 radical (unpaired) electrons. The third kappa shape index (κ3) is 4.22. The molecule has 1 fully saturated rings. The Balaban J connectivity index is 1.71. The minimum absolute atomic E-state index is 0.0247. The van der Waals surface area contributed by atoms with Crippen LogP contribution in [0.4, 0.5) is 0 Å². The Morgan fingerprint density at radius 1 is 1.25 bits per heavy atom. The van der Waals surface area contributed by atoms with Crippen molar-refractivity contribution in [2.75, 3.05) is 40.0 Å². The molecule has 168 valence electrons. The van der Waals surface area contributed by atoms with E-state index in [0.29, 0.717) is 23.6 Å². The van der Waals surface area contributed by atoms with E-state index in [2.05, 4.69) is 11.0 Å². The van der Waals surface area contributed by atoms with E-state index in [1.165, 1.54) is 0 Å². The van der Waals surface area contributed by atoms with Gasteiger partial charge in [-0.3, -0.25) is 9.69 Å². The quantitative estimate of drug-likeness (QED) is 0.740. The summed E-state index contributed by atoms with van der Waals surface area (Å²) in [6.07, 6.45) is 0.841. The average Bonchev–Trinajstić information content (AvgIpc) is 2.81. The lowest BCUT2D eigenvalue weighted by atomic mass is 9.84. The molecule has 0 amide bonds. The molecule has 0 bridgehead atoms. The van der Waals surface area contributed by atoms with E-state index in [0.717, 1.165) is 50.5 Å². The Morgan fingerprint density at radius 3 is 2.75 bits per heavy atom. The summed E-state index contributed by atoms with van der Waals surface area (Å²) >= 11 is 0. The second-order valence-corrected chi connectivity index (χ2v) is 8.03. The van der Waals surface area contributed by atoms with Gasteiger partial charge in [0.25, 0.3) is 5.56 Å². The van der Waals surface area contributed by atoms with Crippen LogP contribution in [-0.2, 0) is 11.3 Å². The van der Waals surface area contributed by atoms with Crippen LogP contribution in [0.25, 0.3) is 0 Å². The van der Waals surface area contributed by atoms with E-state index in [9.17, 15) is 10.1 Å². The fourth-order valence-electron chi connectivity index (χ4n) is 4.40. The third-order valence-electron chi connectivity index (χ3n) is 6.08. The van der Waals surface area contributed by atoms with Crippen LogP contribution in [0.1, 0.15) is 29.2 Å². The number of ether oxygens (including phenoxy) is 3. The topological polar surface area (TPSA) is 103 Å². The Morgan fingerprint density at radius 2 is 2.03 bits per heavy atom. The number of nitrogens with two attached hydrogens (primary N) is 1. The summed E-state index contributed by atoms with van der Waals surface area (Å²) < 4.78 is 18.3. The number of aromatic nitrogens is 1. The first-order valence-corrected chi connectivity index (χ1v) is 10.8. The highest BCUT2D eigenvalue weighted by Crippen LogP contribution is 2.41. The normalized spacial score (nSPS) is 18.6. The molecule has 1 aromatic heterocycles. The van der Waals surface area contributed by atoms with E-state index in [1.807, 2.05) is 37.3 Å². The van der Waals surface area contributed by atoms with Gasteiger partial charge in [-0.15, -0.1) is 0 Å². The molecule has 1 saturated heterocycles. The van der Waals surface area contributed by atoms with Crippen molar-refractivity contribution in [3.8, 4) is 17.6 Å². The SMILES string of the molecule is COc1cccc(C2C(C#N)=C(N)Oc3cc(C)n(CCCN4CCOCC4)c(=O)c32)c1. The molecule has 2 aromatic rings. The molecule has 3 heterocycles. The summed E-state index contributed by atoms with van der Waals surface area (Å²) in [4.78, 5) is 16.0. The molecule has 0 aliphatic carbocycles. The van der Waals surface area contributed by atoms with Gasteiger partial charge in [-0.2, -0.15) is 5.26 Å². The molecule has 32 heavy (non-hydrogen) atoms. The van der Waals surface area contributed by atoms with Crippen LogP contribution in [0, 0.1) is 18.3 Å². The molecule has 0 spiro atoms. The Kier molecular flexibility index (Phi) is 6.49.